The third-order valence-corrected chi connectivity index (χ3v) is 5.55. The Bertz CT molecular complexity index is 737. The van der Waals surface area contributed by atoms with Gasteiger partial charge in [0.15, 0.2) is 0 Å². The maximum absolute atomic E-state index is 12.7. The van der Waals surface area contributed by atoms with Gasteiger partial charge in [0, 0.05) is 38.8 Å². The molecule has 0 atom stereocenters. The zero-order chi connectivity index (χ0) is 19.2. The summed E-state index contributed by atoms with van der Waals surface area (Å²) in [7, 11) is 3.35. The van der Waals surface area contributed by atoms with E-state index in [1.165, 1.54) is 5.57 Å². The SMILES string of the molecule is CNc1cc(OC)c(C(=O)NC2CCN(CC3=CCC=CC3)CC2)cc1Cl. The molecule has 0 aromatic heterocycles. The van der Waals surface area contributed by atoms with Gasteiger partial charge in [-0.2, -0.15) is 0 Å². The van der Waals surface area contributed by atoms with E-state index in [-0.39, 0.29) is 11.9 Å². The molecule has 1 aliphatic carbocycles. The van der Waals surface area contributed by atoms with Crippen molar-refractivity contribution in [1.82, 2.24) is 10.2 Å². The Hall–Kier alpha value is -1.98. The average Bonchev–Trinajstić information content (AvgIpc) is 2.70. The molecule has 27 heavy (non-hydrogen) atoms. The summed E-state index contributed by atoms with van der Waals surface area (Å²) in [5.74, 6) is 0.394. The fourth-order valence-electron chi connectivity index (χ4n) is 3.66. The smallest absolute Gasteiger partial charge is 0.255 e. The first-order valence-electron chi connectivity index (χ1n) is 9.52. The van der Waals surface area contributed by atoms with Gasteiger partial charge in [0.25, 0.3) is 5.91 Å². The van der Waals surface area contributed by atoms with E-state index < -0.39 is 0 Å². The summed E-state index contributed by atoms with van der Waals surface area (Å²) in [5.41, 5.74) is 2.72. The van der Waals surface area contributed by atoms with E-state index >= 15 is 0 Å². The van der Waals surface area contributed by atoms with E-state index in [9.17, 15) is 4.79 Å². The Balaban J connectivity index is 1.55. The minimum atomic E-state index is -0.130. The number of nitrogens with one attached hydrogen (secondary N) is 2. The molecule has 0 saturated carbocycles. The summed E-state index contributed by atoms with van der Waals surface area (Å²) in [6.07, 6.45) is 10.8. The molecule has 1 fully saturated rings. The highest BCUT2D eigenvalue weighted by Gasteiger charge is 2.23. The summed E-state index contributed by atoms with van der Waals surface area (Å²) in [6.45, 7) is 3.05. The van der Waals surface area contributed by atoms with Crippen LogP contribution in [0, 0.1) is 0 Å². The van der Waals surface area contributed by atoms with Gasteiger partial charge >= 0.3 is 0 Å². The van der Waals surface area contributed by atoms with Crippen molar-refractivity contribution >= 4 is 23.2 Å². The van der Waals surface area contributed by atoms with E-state index in [2.05, 4.69) is 33.8 Å². The number of amides is 1. The molecule has 3 rings (SSSR count). The quantitative estimate of drug-likeness (QED) is 0.725. The number of allylic oxidation sites excluding steroid dienone is 3. The van der Waals surface area contributed by atoms with Gasteiger partial charge in [-0.1, -0.05) is 35.4 Å². The molecule has 0 spiro atoms. The van der Waals surface area contributed by atoms with Crippen molar-refractivity contribution in [3.63, 3.8) is 0 Å². The van der Waals surface area contributed by atoms with Crippen LogP contribution in [0.5, 0.6) is 5.75 Å². The average molecular weight is 390 g/mol. The Morgan fingerprint density at radius 1 is 1.30 bits per heavy atom. The van der Waals surface area contributed by atoms with Crippen molar-refractivity contribution in [2.45, 2.75) is 31.7 Å². The largest absolute Gasteiger partial charge is 0.496 e. The van der Waals surface area contributed by atoms with Crippen LogP contribution in [0.4, 0.5) is 5.69 Å². The highest BCUT2D eigenvalue weighted by atomic mass is 35.5. The van der Waals surface area contributed by atoms with Crippen molar-refractivity contribution in [2.24, 2.45) is 0 Å². The molecule has 1 aromatic carbocycles. The van der Waals surface area contributed by atoms with Gasteiger partial charge < -0.3 is 15.4 Å². The highest BCUT2D eigenvalue weighted by molar-refractivity contribution is 6.33. The summed E-state index contributed by atoms with van der Waals surface area (Å²) in [5, 5.41) is 6.65. The first kappa shape index (κ1) is 19.8. The number of hydrogen-bond donors (Lipinski definition) is 2. The van der Waals surface area contributed by atoms with Crippen molar-refractivity contribution in [1.29, 1.82) is 0 Å². The van der Waals surface area contributed by atoms with Crippen LogP contribution >= 0.6 is 11.6 Å². The number of hydrogen-bond acceptors (Lipinski definition) is 4. The fraction of sp³-hybridized carbons (Fsp3) is 0.476. The number of benzene rings is 1. The molecule has 6 heteroatoms. The van der Waals surface area contributed by atoms with E-state index in [4.69, 9.17) is 16.3 Å². The van der Waals surface area contributed by atoms with Crippen LogP contribution in [0.3, 0.4) is 0 Å². The molecule has 0 bridgehead atoms. The number of anilines is 1. The third-order valence-electron chi connectivity index (χ3n) is 5.24. The summed E-state index contributed by atoms with van der Waals surface area (Å²) in [4.78, 5) is 15.2. The number of piperidine rings is 1. The van der Waals surface area contributed by atoms with Gasteiger partial charge in [-0.15, -0.1) is 0 Å². The molecule has 1 aromatic rings. The topological polar surface area (TPSA) is 53.6 Å². The molecule has 0 radical (unpaired) electrons. The normalized spacial score (nSPS) is 18.1. The molecule has 1 aliphatic heterocycles. The van der Waals surface area contributed by atoms with Gasteiger partial charge in [0.1, 0.15) is 5.75 Å². The zero-order valence-electron chi connectivity index (χ0n) is 16.1. The molecule has 0 unspecified atom stereocenters. The molecule has 1 saturated heterocycles. The first-order chi connectivity index (χ1) is 13.1. The number of rotatable bonds is 6. The fourth-order valence-corrected chi connectivity index (χ4v) is 3.91. The molecule has 146 valence electrons. The minimum Gasteiger partial charge on any atom is -0.496 e. The van der Waals surface area contributed by atoms with Crippen LogP contribution in [0.1, 0.15) is 36.0 Å². The lowest BCUT2D eigenvalue weighted by Gasteiger charge is -2.33. The summed E-state index contributed by atoms with van der Waals surface area (Å²) >= 11 is 6.24. The highest BCUT2D eigenvalue weighted by Crippen LogP contribution is 2.31. The van der Waals surface area contributed by atoms with Crippen LogP contribution in [-0.4, -0.2) is 50.6 Å². The van der Waals surface area contributed by atoms with Gasteiger partial charge in [-0.05, 0) is 31.7 Å². The number of carbonyl (C=O) groups excluding carboxylic acids is 1. The van der Waals surface area contributed by atoms with Gasteiger partial charge in [-0.25, -0.2) is 0 Å². The number of likely N-dealkylation sites (tertiary alicyclic amines) is 1. The summed E-state index contributed by atoms with van der Waals surface area (Å²) in [6, 6.07) is 3.60. The number of halogens is 1. The maximum atomic E-state index is 12.7. The molecule has 1 heterocycles. The molecular formula is C21H28ClN3O2. The van der Waals surface area contributed by atoms with Gasteiger partial charge in [0.2, 0.25) is 0 Å². The van der Waals surface area contributed by atoms with Crippen LogP contribution in [0.2, 0.25) is 5.02 Å². The number of carbonyl (C=O) groups is 1. The number of ether oxygens (including phenoxy) is 1. The van der Waals surface area contributed by atoms with Gasteiger partial charge in [-0.3, -0.25) is 9.69 Å². The lowest BCUT2D eigenvalue weighted by Crippen LogP contribution is -2.45. The predicted molar refractivity (Wildman–Crippen MR) is 111 cm³/mol. The van der Waals surface area contributed by atoms with E-state index in [0.717, 1.165) is 51.0 Å². The second-order valence-corrected chi connectivity index (χ2v) is 7.49. The maximum Gasteiger partial charge on any atom is 0.255 e. The standard InChI is InChI=1S/C21H28ClN3O2/c1-23-19-13-20(27-2)17(12-18(19)22)21(26)24-16-8-10-25(11-9-16)14-15-6-4-3-5-7-15/h3-4,7,12-13,16,23H,5-6,8-11,14H2,1-2H3,(H,24,26). The van der Waals surface area contributed by atoms with Crippen molar-refractivity contribution in [3.05, 3.63) is 46.5 Å². The first-order valence-corrected chi connectivity index (χ1v) is 9.90. The molecule has 2 N–H and O–H groups in total. The lowest BCUT2D eigenvalue weighted by molar-refractivity contribution is 0.0910. The van der Waals surface area contributed by atoms with Crippen LogP contribution < -0.4 is 15.4 Å². The summed E-state index contributed by atoms with van der Waals surface area (Å²) < 4.78 is 5.38. The molecule has 5 nitrogen and oxygen atoms in total. The molecular weight excluding hydrogens is 362 g/mol. The van der Waals surface area contributed by atoms with E-state index in [1.807, 2.05) is 0 Å². The van der Waals surface area contributed by atoms with Gasteiger partial charge in [0.05, 0.1) is 23.4 Å². The Kier molecular flexibility index (Phi) is 6.80. The second-order valence-electron chi connectivity index (χ2n) is 7.08. The number of nitrogens with zero attached hydrogens (tertiary/aromatic N) is 1. The molecule has 1 amide bonds. The molecule has 2 aliphatic rings. The monoisotopic (exact) mass is 389 g/mol. The van der Waals surface area contributed by atoms with E-state index in [0.29, 0.717) is 16.3 Å². The lowest BCUT2D eigenvalue weighted by atomic mass is 10.0. The minimum absolute atomic E-state index is 0.130. The van der Waals surface area contributed by atoms with Crippen LogP contribution in [0.25, 0.3) is 0 Å². The van der Waals surface area contributed by atoms with E-state index in [1.54, 1.807) is 26.3 Å². The predicted octanol–water partition coefficient (Wildman–Crippen LogP) is 3.86. The Morgan fingerprint density at radius 2 is 2.07 bits per heavy atom. The second kappa shape index (κ2) is 9.29. The van der Waals surface area contributed by atoms with Crippen molar-refractivity contribution in [2.75, 3.05) is 39.1 Å². The van der Waals surface area contributed by atoms with Crippen molar-refractivity contribution < 1.29 is 9.53 Å². The Labute approximate surface area is 166 Å². The van der Waals surface area contributed by atoms with Crippen LogP contribution in [-0.2, 0) is 0 Å². The van der Waals surface area contributed by atoms with Crippen LogP contribution in [0.15, 0.2) is 35.9 Å². The third kappa shape index (κ3) is 5.05. The Morgan fingerprint density at radius 3 is 2.70 bits per heavy atom. The van der Waals surface area contributed by atoms with Crippen molar-refractivity contribution in [3.8, 4) is 5.75 Å². The number of methoxy groups -OCH3 is 1. The zero-order valence-corrected chi connectivity index (χ0v) is 16.8.